The van der Waals surface area contributed by atoms with Crippen LogP contribution in [-0.4, -0.2) is 18.1 Å². The molecule has 4 aromatic rings. The molecule has 3 aromatic carbocycles. The maximum absolute atomic E-state index is 12.5. The molecule has 0 aliphatic heterocycles. The fourth-order valence-electron chi connectivity index (χ4n) is 3.47. The molecular formula is C26H20N2O3. The standard InChI is InChI=1S/C26H20N2O3/c1-30-26(29)24-25(31-17-19-10-6-3-7-11-19)22-15-20(14-18-8-4-2-5-9-18)12-13-21(22)23(16-27)28-24/h2-13,15H,14,17H2,1H3. The van der Waals surface area contributed by atoms with E-state index in [1.54, 1.807) is 0 Å². The summed E-state index contributed by atoms with van der Waals surface area (Å²) in [5, 5.41) is 10.9. The Hall–Kier alpha value is -4.17. The summed E-state index contributed by atoms with van der Waals surface area (Å²) < 4.78 is 11.0. The molecule has 0 amide bonds. The van der Waals surface area contributed by atoms with Crippen LogP contribution in [0.3, 0.4) is 0 Å². The minimum Gasteiger partial charge on any atom is -0.486 e. The second kappa shape index (κ2) is 9.10. The zero-order chi connectivity index (χ0) is 21.6. The fourth-order valence-corrected chi connectivity index (χ4v) is 3.47. The van der Waals surface area contributed by atoms with Gasteiger partial charge < -0.3 is 9.47 Å². The van der Waals surface area contributed by atoms with Crippen LogP contribution in [0.25, 0.3) is 10.8 Å². The van der Waals surface area contributed by atoms with Gasteiger partial charge in [0.05, 0.1) is 7.11 Å². The molecule has 0 aliphatic carbocycles. The Morgan fingerprint density at radius 2 is 1.58 bits per heavy atom. The maximum Gasteiger partial charge on any atom is 0.360 e. The summed E-state index contributed by atoms with van der Waals surface area (Å²) in [4.78, 5) is 16.7. The molecule has 1 heterocycles. The molecule has 0 N–H and O–H groups in total. The Morgan fingerprint density at radius 1 is 0.903 bits per heavy atom. The minimum absolute atomic E-state index is 0.000609. The zero-order valence-electron chi connectivity index (χ0n) is 17.0. The molecule has 31 heavy (non-hydrogen) atoms. The third-order valence-corrected chi connectivity index (χ3v) is 4.98. The van der Waals surface area contributed by atoms with Gasteiger partial charge in [0.2, 0.25) is 0 Å². The second-order valence-electron chi connectivity index (χ2n) is 7.06. The van der Waals surface area contributed by atoms with Crippen molar-refractivity contribution in [3.8, 4) is 11.8 Å². The van der Waals surface area contributed by atoms with Gasteiger partial charge in [0.1, 0.15) is 18.4 Å². The number of methoxy groups -OCH3 is 1. The molecule has 1 aromatic heterocycles. The Bertz CT molecular complexity index is 1260. The number of hydrogen-bond acceptors (Lipinski definition) is 5. The number of hydrogen-bond donors (Lipinski definition) is 0. The molecular weight excluding hydrogens is 388 g/mol. The van der Waals surface area contributed by atoms with Crippen molar-refractivity contribution in [2.45, 2.75) is 13.0 Å². The van der Waals surface area contributed by atoms with Gasteiger partial charge in [0, 0.05) is 10.8 Å². The molecule has 0 fully saturated rings. The largest absolute Gasteiger partial charge is 0.486 e. The molecule has 0 saturated heterocycles. The number of ether oxygens (including phenoxy) is 2. The normalized spacial score (nSPS) is 10.5. The lowest BCUT2D eigenvalue weighted by molar-refractivity contribution is 0.0588. The fraction of sp³-hybridized carbons (Fsp3) is 0.115. The highest BCUT2D eigenvalue weighted by Gasteiger charge is 2.22. The number of rotatable bonds is 6. The first kappa shape index (κ1) is 20.1. The van der Waals surface area contributed by atoms with Crippen molar-refractivity contribution in [3.63, 3.8) is 0 Å². The Kier molecular flexibility index (Phi) is 5.91. The Morgan fingerprint density at radius 3 is 2.23 bits per heavy atom. The lowest BCUT2D eigenvalue weighted by atomic mass is 9.99. The number of nitrogens with zero attached hydrogens (tertiary/aromatic N) is 2. The van der Waals surface area contributed by atoms with Crippen LogP contribution in [0.4, 0.5) is 0 Å². The molecule has 0 aliphatic rings. The van der Waals surface area contributed by atoms with Crippen LogP contribution < -0.4 is 4.74 Å². The molecule has 0 saturated carbocycles. The molecule has 5 heteroatoms. The van der Waals surface area contributed by atoms with Crippen molar-refractivity contribution in [3.05, 3.63) is 107 Å². The van der Waals surface area contributed by atoms with Crippen LogP contribution in [0.2, 0.25) is 0 Å². The highest BCUT2D eigenvalue weighted by molar-refractivity contribution is 6.01. The number of aromatic nitrogens is 1. The number of esters is 1. The zero-order valence-corrected chi connectivity index (χ0v) is 17.0. The molecule has 0 radical (unpaired) electrons. The summed E-state index contributed by atoms with van der Waals surface area (Å²) in [6, 6.07) is 27.6. The van der Waals surface area contributed by atoms with Gasteiger partial charge in [0.15, 0.2) is 11.4 Å². The van der Waals surface area contributed by atoms with E-state index in [1.165, 1.54) is 7.11 Å². The third kappa shape index (κ3) is 4.39. The lowest BCUT2D eigenvalue weighted by Gasteiger charge is -2.15. The molecule has 0 spiro atoms. The topological polar surface area (TPSA) is 72.2 Å². The van der Waals surface area contributed by atoms with E-state index in [9.17, 15) is 10.1 Å². The van der Waals surface area contributed by atoms with Crippen molar-refractivity contribution in [1.29, 1.82) is 5.26 Å². The summed E-state index contributed by atoms with van der Waals surface area (Å²) in [6.45, 7) is 0.260. The van der Waals surface area contributed by atoms with Gasteiger partial charge in [-0.05, 0) is 29.2 Å². The average molecular weight is 408 g/mol. The number of nitriles is 1. The van der Waals surface area contributed by atoms with Crippen molar-refractivity contribution in [1.82, 2.24) is 4.98 Å². The van der Waals surface area contributed by atoms with E-state index in [-0.39, 0.29) is 18.0 Å². The summed E-state index contributed by atoms with van der Waals surface area (Å²) in [5.41, 5.74) is 3.31. The number of carbonyl (C=O) groups excluding carboxylic acids is 1. The molecule has 5 nitrogen and oxygen atoms in total. The SMILES string of the molecule is COC(=O)c1nc(C#N)c2ccc(Cc3ccccc3)cc2c1OCc1ccccc1. The van der Waals surface area contributed by atoms with E-state index in [2.05, 4.69) is 23.2 Å². The molecule has 0 unspecified atom stereocenters. The van der Waals surface area contributed by atoms with Crippen molar-refractivity contribution < 1.29 is 14.3 Å². The maximum atomic E-state index is 12.5. The molecule has 0 bridgehead atoms. The summed E-state index contributed by atoms with van der Waals surface area (Å²) in [6.07, 6.45) is 0.715. The van der Waals surface area contributed by atoms with E-state index in [4.69, 9.17) is 9.47 Å². The van der Waals surface area contributed by atoms with Crippen LogP contribution in [0.5, 0.6) is 5.75 Å². The Balaban J connectivity index is 1.84. The van der Waals surface area contributed by atoms with Crippen LogP contribution in [0, 0.1) is 11.3 Å². The summed E-state index contributed by atoms with van der Waals surface area (Å²) >= 11 is 0. The van der Waals surface area contributed by atoms with Gasteiger partial charge >= 0.3 is 5.97 Å². The Labute approximate surface area is 180 Å². The number of fused-ring (bicyclic) bond motifs is 1. The summed E-state index contributed by atoms with van der Waals surface area (Å²) in [5.74, 6) is -0.325. The van der Waals surface area contributed by atoms with Gasteiger partial charge in [-0.2, -0.15) is 5.26 Å². The predicted molar refractivity (Wildman–Crippen MR) is 118 cm³/mol. The van der Waals surface area contributed by atoms with Gasteiger partial charge in [-0.15, -0.1) is 0 Å². The average Bonchev–Trinajstić information content (AvgIpc) is 2.83. The molecule has 152 valence electrons. The van der Waals surface area contributed by atoms with Crippen molar-refractivity contribution in [2.24, 2.45) is 0 Å². The first-order valence-corrected chi connectivity index (χ1v) is 9.85. The van der Waals surface area contributed by atoms with Gasteiger partial charge in [0.25, 0.3) is 0 Å². The van der Waals surface area contributed by atoms with Gasteiger partial charge in [-0.3, -0.25) is 0 Å². The third-order valence-electron chi connectivity index (χ3n) is 4.98. The van der Waals surface area contributed by atoms with Crippen LogP contribution >= 0.6 is 0 Å². The lowest BCUT2D eigenvalue weighted by Crippen LogP contribution is -2.10. The van der Waals surface area contributed by atoms with E-state index in [1.807, 2.05) is 66.7 Å². The van der Waals surface area contributed by atoms with Gasteiger partial charge in [-0.25, -0.2) is 9.78 Å². The van der Waals surface area contributed by atoms with Crippen molar-refractivity contribution in [2.75, 3.05) is 7.11 Å². The van der Waals surface area contributed by atoms with Crippen LogP contribution in [-0.2, 0) is 17.8 Å². The highest BCUT2D eigenvalue weighted by Crippen LogP contribution is 2.33. The monoisotopic (exact) mass is 408 g/mol. The quantitative estimate of drug-likeness (QED) is 0.417. The van der Waals surface area contributed by atoms with E-state index in [0.29, 0.717) is 22.9 Å². The van der Waals surface area contributed by atoms with E-state index >= 15 is 0 Å². The predicted octanol–water partition coefficient (Wildman–Crippen LogP) is 5.06. The van der Waals surface area contributed by atoms with Gasteiger partial charge in [-0.1, -0.05) is 72.8 Å². The minimum atomic E-state index is -0.644. The smallest absolute Gasteiger partial charge is 0.360 e. The second-order valence-corrected chi connectivity index (χ2v) is 7.06. The first-order chi connectivity index (χ1) is 15.2. The number of carbonyl (C=O) groups is 1. The summed E-state index contributed by atoms with van der Waals surface area (Å²) in [7, 11) is 1.28. The number of benzene rings is 3. The van der Waals surface area contributed by atoms with Crippen molar-refractivity contribution >= 4 is 16.7 Å². The molecule has 0 atom stereocenters. The first-order valence-electron chi connectivity index (χ1n) is 9.85. The van der Waals surface area contributed by atoms with E-state index in [0.717, 1.165) is 16.7 Å². The van der Waals surface area contributed by atoms with E-state index < -0.39 is 5.97 Å². The molecule has 4 rings (SSSR count). The van der Waals surface area contributed by atoms with Crippen LogP contribution in [0.1, 0.15) is 32.9 Å². The highest BCUT2D eigenvalue weighted by atomic mass is 16.5. The number of pyridine rings is 1. The van der Waals surface area contributed by atoms with Crippen LogP contribution in [0.15, 0.2) is 78.9 Å².